The van der Waals surface area contributed by atoms with Gasteiger partial charge in [0.1, 0.15) is 11.9 Å². The molecule has 0 saturated carbocycles. The van der Waals surface area contributed by atoms with Crippen LogP contribution in [-0.4, -0.2) is 29.0 Å². The molecule has 1 N–H and O–H groups in total. The summed E-state index contributed by atoms with van der Waals surface area (Å²) >= 11 is 5.76. The minimum atomic E-state index is -3.66. The van der Waals surface area contributed by atoms with Crippen molar-refractivity contribution in [1.29, 1.82) is 0 Å². The van der Waals surface area contributed by atoms with Gasteiger partial charge in [0.2, 0.25) is 10.0 Å². The summed E-state index contributed by atoms with van der Waals surface area (Å²) in [5.74, 6) is -0.905. The maximum Gasteiger partial charge on any atom is 0.352 e. The van der Waals surface area contributed by atoms with Crippen molar-refractivity contribution in [2.45, 2.75) is 0 Å². The van der Waals surface area contributed by atoms with Gasteiger partial charge in [0, 0.05) is 7.05 Å². The van der Waals surface area contributed by atoms with Gasteiger partial charge in [-0.3, -0.25) is 14.1 Å². The molecule has 8 nitrogen and oxygen atoms in total. The van der Waals surface area contributed by atoms with Gasteiger partial charge in [-0.2, -0.15) is 9.78 Å². The normalized spacial score (nSPS) is 11.5. The Kier molecular flexibility index (Phi) is 4.07. The summed E-state index contributed by atoms with van der Waals surface area (Å²) in [6.07, 6.45) is 1.72. The lowest BCUT2D eigenvalue weighted by Crippen LogP contribution is -2.38. The number of rotatable bonds is 3. The third kappa shape index (κ3) is 3.17. The molecule has 2 aromatic rings. The highest BCUT2D eigenvalue weighted by Gasteiger charge is 2.15. The summed E-state index contributed by atoms with van der Waals surface area (Å²) in [6, 6.07) is 1.85. The third-order valence-electron chi connectivity index (χ3n) is 2.64. The van der Waals surface area contributed by atoms with Gasteiger partial charge in [-0.05, 0) is 12.1 Å². The van der Waals surface area contributed by atoms with E-state index < -0.39 is 27.1 Å². The van der Waals surface area contributed by atoms with Crippen LogP contribution in [0.15, 0.2) is 27.9 Å². The maximum atomic E-state index is 14.0. The summed E-state index contributed by atoms with van der Waals surface area (Å²) in [7, 11) is -2.46. The SMILES string of the molecule is Cn1c(=O)cnn(-c2cc(NS(C)(=O)=O)c(Cl)cc2F)c1=O. The third-order valence-corrected chi connectivity index (χ3v) is 3.55. The van der Waals surface area contributed by atoms with Crippen molar-refractivity contribution in [3.8, 4) is 5.69 Å². The number of hydrogen-bond donors (Lipinski definition) is 1. The van der Waals surface area contributed by atoms with E-state index in [4.69, 9.17) is 11.6 Å². The van der Waals surface area contributed by atoms with E-state index >= 15 is 0 Å². The molecule has 0 amide bonds. The van der Waals surface area contributed by atoms with Crippen LogP contribution in [0.25, 0.3) is 5.69 Å². The van der Waals surface area contributed by atoms with Crippen LogP contribution in [0.3, 0.4) is 0 Å². The minimum Gasteiger partial charge on any atom is -0.282 e. The average Bonchev–Trinajstić information content (AvgIpc) is 2.39. The molecule has 118 valence electrons. The highest BCUT2D eigenvalue weighted by Crippen LogP contribution is 2.27. The molecule has 0 radical (unpaired) electrons. The Morgan fingerprint density at radius 1 is 1.32 bits per heavy atom. The van der Waals surface area contributed by atoms with E-state index in [-0.39, 0.29) is 16.4 Å². The minimum absolute atomic E-state index is 0.122. The first-order chi connectivity index (χ1) is 10.1. The van der Waals surface area contributed by atoms with Gasteiger partial charge in [-0.25, -0.2) is 17.6 Å². The molecule has 0 aliphatic heterocycles. The van der Waals surface area contributed by atoms with E-state index in [1.54, 1.807) is 0 Å². The molecule has 0 bridgehead atoms. The molecule has 1 heterocycles. The van der Waals surface area contributed by atoms with E-state index in [9.17, 15) is 22.4 Å². The Bertz CT molecular complexity index is 967. The fourth-order valence-electron chi connectivity index (χ4n) is 1.62. The van der Waals surface area contributed by atoms with Crippen molar-refractivity contribution >= 4 is 27.3 Å². The second-order valence-electron chi connectivity index (χ2n) is 4.39. The van der Waals surface area contributed by atoms with Crippen LogP contribution in [0.5, 0.6) is 0 Å². The van der Waals surface area contributed by atoms with Gasteiger partial charge in [0.15, 0.2) is 5.82 Å². The van der Waals surface area contributed by atoms with Gasteiger partial charge in [-0.15, -0.1) is 0 Å². The molecule has 0 aliphatic rings. The van der Waals surface area contributed by atoms with Gasteiger partial charge in [-0.1, -0.05) is 11.6 Å². The van der Waals surface area contributed by atoms with Crippen molar-refractivity contribution in [2.75, 3.05) is 11.0 Å². The van der Waals surface area contributed by atoms with Crippen LogP contribution in [0, 0.1) is 5.82 Å². The van der Waals surface area contributed by atoms with Gasteiger partial charge >= 0.3 is 5.69 Å². The molecule has 0 unspecified atom stereocenters. The van der Waals surface area contributed by atoms with Crippen molar-refractivity contribution in [2.24, 2.45) is 7.05 Å². The molecule has 0 aliphatic carbocycles. The Morgan fingerprint density at radius 3 is 2.55 bits per heavy atom. The van der Waals surface area contributed by atoms with E-state index in [1.807, 2.05) is 0 Å². The molecule has 1 aromatic heterocycles. The smallest absolute Gasteiger partial charge is 0.282 e. The van der Waals surface area contributed by atoms with Crippen LogP contribution in [0.1, 0.15) is 0 Å². The largest absolute Gasteiger partial charge is 0.352 e. The number of nitrogens with zero attached hydrogens (tertiary/aromatic N) is 3. The summed E-state index contributed by atoms with van der Waals surface area (Å²) in [5, 5.41) is 3.36. The molecule has 0 saturated heterocycles. The van der Waals surface area contributed by atoms with E-state index in [2.05, 4.69) is 9.82 Å². The molecular formula is C11H10ClFN4O4S. The zero-order valence-electron chi connectivity index (χ0n) is 11.4. The number of benzene rings is 1. The van der Waals surface area contributed by atoms with Crippen molar-refractivity contribution in [3.05, 3.63) is 50.0 Å². The topological polar surface area (TPSA) is 103 Å². The second kappa shape index (κ2) is 5.54. The predicted octanol–water partition coefficient (Wildman–Crippen LogP) is 0.0952. The van der Waals surface area contributed by atoms with Crippen molar-refractivity contribution in [1.82, 2.24) is 14.3 Å². The number of sulfonamides is 1. The zero-order chi connectivity index (χ0) is 16.7. The molecular weight excluding hydrogens is 339 g/mol. The van der Waals surface area contributed by atoms with Crippen molar-refractivity contribution < 1.29 is 12.8 Å². The molecule has 0 atom stereocenters. The lowest BCUT2D eigenvalue weighted by Gasteiger charge is -2.11. The average molecular weight is 349 g/mol. The lowest BCUT2D eigenvalue weighted by molar-refractivity contribution is 0.585. The second-order valence-corrected chi connectivity index (χ2v) is 6.55. The molecule has 11 heteroatoms. The maximum absolute atomic E-state index is 14.0. The molecule has 1 aromatic carbocycles. The summed E-state index contributed by atoms with van der Waals surface area (Å²) in [6.45, 7) is 0. The van der Waals surface area contributed by atoms with E-state index in [0.717, 1.165) is 29.2 Å². The number of aromatic nitrogens is 3. The highest BCUT2D eigenvalue weighted by molar-refractivity contribution is 7.92. The number of anilines is 1. The van der Waals surface area contributed by atoms with Crippen LogP contribution >= 0.6 is 11.6 Å². The van der Waals surface area contributed by atoms with Crippen LogP contribution in [0.4, 0.5) is 10.1 Å². The fraction of sp³-hybridized carbons (Fsp3) is 0.182. The summed E-state index contributed by atoms with van der Waals surface area (Å²) < 4.78 is 40.0. The standard InChI is InChI=1S/C11H10ClFN4O4S/c1-16-10(18)5-14-17(11(16)19)9-4-8(15-22(2,20)21)6(12)3-7(9)13/h3-5,15H,1-2H3. The Hall–Kier alpha value is -2.20. The molecule has 0 fully saturated rings. The Labute approximate surface area is 128 Å². The molecule has 0 spiro atoms. The fourth-order valence-corrected chi connectivity index (χ4v) is 2.44. The summed E-state index contributed by atoms with van der Waals surface area (Å²) in [5.41, 5.74) is -2.02. The molecule has 2 rings (SSSR count). The van der Waals surface area contributed by atoms with Gasteiger partial charge < -0.3 is 0 Å². The quantitative estimate of drug-likeness (QED) is 0.847. The molecule has 22 heavy (non-hydrogen) atoms. The zero-order valence-corrected chi connectivity index (χ0v) is 12.9. The lowest BCUT2D eigenvalue weighted by atomic mass is 10.2. The van der Waals surface area contributed by atoms with Crippen LogP contribution in [0.2, 0.25) is 5.02 Å². The number of halogens is 2. The first-order valence-electron chi connectivity index (χ1n) is 5.73. The van der Waals surface area contributed by atoms with Gasteiger partial charge in [0.05, 0.1) is 17.0 Å². The highest BCUT2D eigenvalue weighted by atomic mass is 35.5. The summed E-state index contributed by atoms with van der Waals surface area (Å²) in [4.78, 5) is 23.2. The van der Waals surface area contributed by atoms with Crippen LogP contribution in [-0.2, 0) is 17.1 Å². The van der Waals surface area contributed by atoms with Gasteiger partial charge in [0.25, 0.3) is 5.56 Å². The monoisotopic (exact) mass is 348 g/mol. The number of hydrogen-bond acceptors (Lipinski definition) is 5. The van der Waals surface area contributed by atoms with E-state index in [1.165, 1.54) is 7.05 Å². The first kappa shape index (κ1) is 16.2. The first-order valence-corrected chi connectivity index (χ1v) is 7.99. The van der Waals surface area contributed by atoms with Crippen molar-refractivity contribution in [3.63, 3.8) is 0 Å². The Morgan fingerprint density at radius 2 is 1.95 bits per heavy atom. The predicted molar refractivity (Wildman–Crippen MR) is 78.5 cm³/mol. The number of nitrogens with one attached hydrogen (secondary N) is 1. The van der Waals surface area contributed by atoms with E-state index in [0.29, 0.717) is 4.68 Å². The van der Waals surface area contributed by atoms with Crippen LogP contribution < -0.4 is 16.0 Å². The Balaban J connectivity index is 2.72.